The Morgan fingerprint density at radius 1 is 1.33 bits per heavy atom. The van der Waals surface area contributed by atoms with Crippen molar-refractivity contribution in [3.05, 3.63) is 27.5 Å². The minimum atomic E-state index is 0.108. The molecule has 4 heteroatoms. The van der Waals surface area contributed by atoms with Gasteiger partial charge in [0.05, 0.1) is 0 Å². The molecule has 12 heavy (non-hydrogen) atoms. The molecule has 0 N–H and O–H groups in total. The lowest BCUT2D eigenvalue weighted by Gasteiger charge is -1.99. The predicted molar refractivity (Wildman–Crippen MR) is 46.9 cm³/mol. The van der Waals surface area contributed by atoms with Gasteiger partial charge >= 0.3 is 0 Å². The summed E-state index contributed by atoms with van der Waals surface area (Å²) in [5.74, 6) is 0.108. The second-order valence-corrected chi connectivity index (χ2v) is 3.43. The maximum absolute atomic E-state index is 11.2. The third-order valence-electron chi connectivity index (χ3n) is 1.95. The topological polar surface area (TPSA) is 30.0 Å². The summed E-state index contributed by atoms with van der Waals surface area (Å²) in [6.07, 6.45) is 1.22. The lowest BCUT2D eigenvalue weighted by atomic mass is 10.2. The first-order valence-corrected chi connectivity index (χ1v) is 4.32. The van der Waals surface area contributed by atoms with Crippen molar-refractivity contribution in [1.29, 1.82) is 0 Å². The highest BCUT2D eigenvalue weighted by atomic mass is 35.5. The van der Waals surface area contributed by atoms with Gasteiger partial charge in [0, 0.05) is 17.5 Å². The zero-order valence-corrected chi connectivity index (χ0v) is 7.61. The molecule has 0 spiro atoms. The molecule has 0 fully saturated rings. The van der Waals surface area contributed by atoms with Gasteiger partial charge in [-0.05, 0) is 12.5 Å². The molecule has 0 saturated heterocycles. The second kappa shape index (κ2) is 2.71. The maximum Gasteiger partial charge on any atom is 0.163 e. The summed E-state index contributed by atoms with van der Waals surface area (Å²) < 4.78 is 0. The summed E-state index contributed by atoms with van der Waals surface area (Å²) >= 11 is 11.4. The molecular weight excluding hydrogens is 197 g/mol. The van der Waals surface area contributed by atoms with Gasteiger partial charge in [-0.15, -0.1) is 0 Å². The van der Waals surface area contributed by atoms with Crippen molar-refractivity contribution < 1.29 is 4.79 Å². The Morgan fingerprint density at radius 2 is 2.08 bits per heavy atom. The molecule has 0 amide bonds. The molecule has 0 radical (unpaired) electrons. The molecular formula is C8H5Cl2NO. The zero-order valence-electron chi connectivity index (χ0n) is 6.10. The average molecular weight is 202 g/mol. The first kappa shape index (κ1) is 8.02. The van der Waals surface area contributed by atoms with E-state index < -0.39 is 0 Å². The van der Waals surface area contributed by atoms with Crippen molar-refractivity contribution in [3.8, 4) is 0 Å². The smallest absolute Gasteiger partial charge is 0.163 e. The molecule has 0 aliphatic heterocycles. The highest BCUT2D eigenvalue weighted by Gasteiger charge is 2.23. The van der Waals surface area contributed by atoms with Gasteiger partial charge in [0.25, 0.3) is 0 Å². The van der Waals surface area contributed by atoms with Gasteiger partial charge < -0.3 is 0 Å². The molecule has 1 aliphatic carbocycles. The molecule has 62 valence electrons. The summed E-state index contributed by atoms with van der Waals surface area (Å²) in [7, 11) is 0. The molecule has 0 aromatic carbocycles. The lowest BCUT2D eigenvalue weighted by molar-refractivity contribution is 0.0994. The zero-order chi connectivity index (χ0) is 8.72. The highest BCUT2D eigenvalue weighted by molar-refractivity contribution is 6.34. The molecule has 1 heterocycles. The third-order valence-corrected chi connectivity index (χ3v) is 2.45. The number of ketones is 1. The Hall–Kier alpha value is -0.600. The number of halogens is 2. The van der Waals surface area contributed by atoms with E-state index in [2.05, 4.69) is 4.98 Å². The molecule has 0 unspecified atom stereocenters. The fourth-order valence-electron chi connectivity index (χ4n) is 1.37. The van der Waals surface area contributed by atoms with Crippen molar-refractivity contribution in [3.63, 3.8) is 0 Å². The first-order valence-electron chi connectivity index (χ1n) is 3.56. The van der Waals surface area contributed by atoms with E-state index in [-0.39, 0.29) is 10.9 Å². The van der Waals surface area contributed by atoms with Crippen LogP contribution in [0.3, 0.4) is 0 Å². The normalized spacial score (nSPS) is 15.0. The van der Waals surface area contributed by atoms with Gasteiger partial charge in [0.2, 0.25) is 0 Å². The number of aromatic nitrogens is 1. The van der Waals surface area contributed by atoms with Crippen LogP contribution < -0.4 is 0 Å². The fraction of sp³-hybridized carbons (Fsp3) is 0.250. The molecule has 1 aliphatic rings. The number of rotatable bonds is 0. The van der Waals surface area contributed by atoms with Crippen molar-refractivity contribution in [2.45, 2.75) is 12.8 Å². The van der Waals surface area contributed by atoms with Crippen LogP contribution in [0, 0.1) is 0 Å². The number of hydrogen-bond acceptors (Lipinski definition) is 2. The SMILES string of the molecule is O=C1CCc2c1cc(Cl)nc2Cl. The van der Waals surface area contributed by atoms with E-state index in [1.54, 1.807) is 6.07 Å². The Kier molecular flexibility index (Phi) is 1.81. The van der Waals surface area contributed by atoms with Crippen molar-refractivity contribution >= 4 is 29.0 Å². The average Bonchev–Trinajstić information content (AvgIpc) is 2.33. The highest BCUT2D eigenvalue weighted by Crippen LogP contribution is 2.29. The number of nitrogens with zero attached hydrogens (tertiary/aromatic N) is 1. The van der Waals surface area contributed by atoms with Crippen molar-refractivity contribution in [2.75, 3.05) is 0 Å². The van der Waals surface area contributed by atoms with Crippen molar-refractivity contribution in [2.24, 2.45) is 0 Å². The van der Waals surface area contributed by atoms with Crippen molar-refractivity contribution in [1.82, 2.24) is 4.98 Å². The standard InChI is InChI=1S/C8H5Cl2NO/c9-7-3-5-4(8(10)11-7)1-2-6(5)12/h3H,1-2H2. The van der Waals surface area contributed by atoms with E-state index in [9.17, 15) is 4.79 Å². The minimum absolute atomic E-state index is 0.108. The first-order chi connectivity index (χ1) is 5.68. The van der Waals surface area contributed by atoms with E-state index >= 15 is 0 Å². The van der Waals surface area contributed by atoms with Gasteiger partial charge in [0.1, 0.15) is 10.3 Å². The van der Waals surface area contributed by atoms with E-state index in [0.717, 1.165) is 5.56 Å². The number of fused-ring (bicyclic) bond motifs is 1. The number of Topliss-reactive ketones (excluding diaryl/α,β-unsaturated/α-hetero) is 1. The Bertz CT molecular complexity index is 362. The molecule has 0 bridgehead atoms. The predicted octanol–water partition coefficient (Wildman–Crippen LogP) is 2.52. The fourth-order valence-corrected chi connectivity index (χ4v) is 1.89. The van der Waals surface area contributed by atoms with Crippen LogP contribution in [0.5, 0.6) is 0 Å². The van der Waals surface area contributed by atoms with E-state index in [1.807, 2.05) is 0 Å². The molecule has 2 rings (SSSR count). The van der Waals surface area contributed by atoms with Crippen LogP contribution in [0.25, 0.3) is 0 Å². The van der Waals surface area contributed by atoms with Gasteiger partial charge in [-0.3, -0.25) is 4.79 Å². The van der Waals surface area contributed by atoms with Crippen LogP contribution in [0.4, 0.5) is 0 Å². The van der Waals surface area contributed by atoms with E-state index in [1.165, 1.54) is 0 Å². The molecule has 0 atom stereocenters. The molecule has 1 aromatic rings. The minimum Gasteiger partial charge on any atom is -0.294 e. The quantitative estimate of drug-likeness (QED) is 0.605. The monoisotopic (exact) mass is 201 g/mol. The lowest BCUT2D eigenvalue weighted by Crippen LogP contribution is -1.93. The summed E-state index contributed by atoms with van der Waals surface area (Å²) in [5, 5.41) is 0.650. The summed E-state index contributed by atoms with van der Waals surface area (Å²) in [5.41, 5.74) is 1.48. The van der Waals surface area contributed by atoms with Crippen LogP contribution in [0.15, 0.2) is 6.07 Å². The Balaban J connectivity index is 2.68. The third kappa shape index (κ3) is 1.11. The van der Waals surface area contributed by atoms with Crippen LogP contribution in [0.1, 0.15) is 22.3 Å². The van der Waals surface area contributed by atoms with Crippen LogP contribution in [0.2, 0.25) is 10.3 Å². The number of hydrogen-bond donors (Lipinski definition) is 0. The van der Waals surface area contributed by atoms with E-state index in [0.29, 0.717) is 23.6 Å². The van der Waals surface area contributed by atoms with Gasteiger partial charge in [-0.25, -0.2) is 4.98 Å². The second-order valence-electron chi connectivity index (χ2n) is 2.69. The van der Waals surface area contributed by atoms with Gasteiger partial charge in [-0.2, -0.15) is 0 Å². The van der Waals surface area contributed by atoms with Gasteiger partial charge in [-0.1, -0.05) is 23.2 Å². The van der Waals surface area contributed by atoms with Crippen LogP contribution in [-0.2, 0) is 6.42 Å². The number of carbonyl (C=O) groups is 1. The number of carbonyl (C=O) groups excluding carboxylic acids is 1. The molecule has 1 aromatic heterocycles. The summed E-state index contributed by atoms with van der Waals surface area (Å²) in [6, 6.07) is 1.58. The Labute approximate surface area is 79.5 Å². The summed E-state index contributed by atoms with van der Waals surface area (Å²) in [6.45, 7) is 0. The van der Waals surface area contributed by atoms with Crippen LogP contribution >= 0.6 is 23.2 Å². The van der Waals surface area contributed by atoms with Gasteiger partial charge in [0.15, 0.2) is 5.78 Å². The summed E-state index contributed by atoms with van der Waals surface area (Å²) in [4.78, 5) is 15.1. The molecule has 2 nitrogen and oxygen atoms in total. The largest absolute Gasteiger partial charge is 0.294 e. The van der Waals surface area contributed by atoms with Crippen LogP contribution in [-0.4, -0.2) is 10.8 Å². The number of pyridine rings is 1. The maximum atomic E-state index is 11.2. The molecule has 0 saturated carbocycles. The van der Waals surface area contributed by atoms with E-state index in [4.69, 9.17) is 23.2 Å². The Morgan fingerprint density at radius 3 is 2.83 bits per heavy atom.